The van der Waals surface area contributed by atoms with Gasteiger partial charge in [0, 0.05) is 6.42 Å². The van der Waals surface area contributed by atoms with Gasteiger partial charge in [-0.05, 0) is 0 Å². The molecule has 0 aliphatic rings. The highest BCUT2D eigenvalue weighted by Gasteiger charge is 2.32. The lowest BCUT2D eigenvalue weighted by atomic mass is 9.84. The van der Waals surface area contributed by atoms with E-state index in [-0.39, 0.29) is 0 Å². The van der Waals surface area contributed by atoms with E-state index in [1.807, 2.05) is 0 Å². The highest BCUT2D eigenvalue weighted by molar-refractivity contribution is 6.58. The largest absolute Gasteiger partial charge is 0.478 e. The fourth-order valence-corrected chi connectivity index (χ4v) is 0.327. The lowest BCUT2D eigenvalue weighted by molar-refractivity contribution is -0.131. The van der Waals surface area contributed by atoms with Gasteiger partial charge in [0.15, 0.2) is 0 Å². The van der Waals surface area contributed by atoms with Crippen molar-refractivity contribution in [1.29, 1.82) is 0 Å². The van der Waals surface area contributed by atoms with E-state index in [4.69, 9.17) is 0 Å². The van der Waals surface area contributed by atoms with Gasteiger partial charge in [0.05, 0.1) is 0 Å². The lowest BCUT2D eigenvalue weighted by Crippen LogP contribution is -2.19. The van der Waals surface area contributed by atoms with Gasteiger partial charge in [0.2, 0.25) is 0 Å². The fraction of sp³-hybridized carbons (Fsp3) is 1.00. The van der Waals surface area contributed by atoms with Crippen LogP contribution in [0.25, 0.3) is 0 Å². The van der Waals surface area contributed by atoms with E-state index in [1.165, 1.54) is 0 Å². The van der Waals surface area contributed by atoms with Crippen molar-refractivity contribution in [2.45, 2.75) is 18.9 Å². The highest BCUT2D eigenvalue weighted by Crippen LogP contribution is 2.27. The molecule has 0 unspecified atom stereocenters. The molecule has 10 heavy (non-hydrogen) atoms. The molecule has 0 atom stereocenters. The Kier molecular flexibility index (Phi) is 2.62. The van der Waals surface area contributed by atoms with Gasteiger partial charge in [-0.1, -0.05) is 6.32 Å². The van der Waals surface area contributed by atoms with Gasteiger partial charge < -0.3 is 12.9 Å². The Morgan fingerprint density at radius 2 is 1.40 bits per heavy atom. The zero-order valence-corrected chi connectivity index (χ0v) is 4.76. The predicted octanol–water partition coefficient (Wildman–Crippen LogP) is 2.79. The third kappa shape index (κ3) is 7.64. The molecule has 0 amide bonds. The second-order valence-electron chi connectivity index (χ2n) is 1.86. The standard InChI is InChI=1S/C3H4BF6/c5-3(6,7)1-2-4(8,9)10/h1-2H2/q-1. The third-order valence-corrected chi connectivity index (χ3v) is 0.755. The molecule has 0 aliphatic heterocycles. The molecule has 0 aromatic carbocycles. The summed E-state index contributed by atoms with van der Waals surface area (Å²) < 4.78 is 66.7. The zero-order chi connectivity index (χ0) is 8.41. The number of alkyl halides is 3. The van der Waals surface area contributed by atoms with Crippen molar-refractivity contribution < 1.29 is 26.1 Å². The van der Waals surface area contributed by atoms with Crippen molar-refractivity contribution in [2.24, 2.45) is 0 Å². The molecule has 0 heterocycles. The Hall–Kier alpha value is -0.355. The molecular weight excluding hydrogens is 161 g/mol. The van der Waals surface area contributed by atoms with E-state index in [2.05, 4.69) is 0 Å². The molecule has 0 saturated carbocycles. The van der Waals surface area contributed by atoms with Crippen molar-refractivity contribution >= 4 is 6.98 Å². The van der Waals surface area contributed by atoms with Crippen molar-refractivity contribution in [3.8, 4) is 0 Å². The zero-order valence-electron chi connectivity index (χ0n) is 4.76. The third-order valence-electron chi connectivity index (χ3n) is 0.755. The average Bonchev–Trinajstić information content (AvgIpc) is 1.57. The van der Waals surface area contributed by atoms with Crippen LogP contribution in [0, 0.1) is 0 Å². The minimum absolute atomic E-state index is 1.73. The lowest BCUT2D eigenvalue weighted by Gasteiger charge is -2.14. The minimum atomic E-state index is -5.29. The predicted molar refractivity (Wildman–Crippen MR) is 24.6 cm³/mol. The highest BCUT2D eigenvalue weighted by atomic mass is 19.4. The van der Waals surface area contributed by atoms with Crippen molar-refractivity contribution in [3.63, 3.8) is 0 Å². The van der Waals surface area contributed by atoms with Crippen LogP contribution in [-0.4, -0.2) is 13.2 Å². The molecule has 0 fully saturated rings. The molecule has 7 heteroatoms. The van der Waals surface area contributed by atoms with E-state index in [1.54, 1.807) is 0 Å². The smallest absolute Gasteiger partial charge is 0.449 e. The summed E-state index contributed by atoms with van der Waals surface area (Å²) in [5.41, 5.74) is 0. The second-order valence-corrected chi connectivity index (χ2v) is 1.86. The topological polar surface area (TPSA) is 0 Å². The van der Waals surface area contributed by atoms with Gasteiger partial charge in [-0.2, -0.15) is 13.2 Å². The van der Waals surface area contributed by atoms with E-state index in [0.717, 1.165) is 0 Å². The van der Waals surface area contributed by atoms with Crippen LogP contribution in [0.5, 0.6) is 0 Å². The molecule has 0 N–H and O–H groups in total. The van der Waals surface area contributed by atoms with Gasteiger partial charge >= 0.3 is 13.2 Å². The van der Waals surface area contributed by atoms with Crippen LogP contribution in [0.1, 0.15) is 6.42 Å². The summed E-state index contributed by atoms with van der Waals surface area (Å²) in [7, 11) is 0. The summed E-state index contributed by atoms with van der Waals surface area (Å²) in [4.78, 5) is 0. The SMILES string of the molecule is F[B-](F)(F)CCC(F)(F)F. The maximum Gasteiger partial charge on any atom is 0.478 e. The summed E-state index contributed by atoms with van der Waals surface area (Å²) in [6, 6.07) is 0. The Morgan fingerprint density at radius 3 is 1.50 bits per heavy atom. The summed E-state index contributed by atoms with van der Waals surface area (Å²) in [5.74, 6) is 0. The first-order valence-electron chi connectivity index (χ1n) is 2.48. The van der Waals surface area contributed by atoms with Gasteiger partial charge in [-0.25, -0.2) is 0 Å². The first-order valence-corrected chi connectivity index (χ1v) is 2.48. The van der Waals surface area contributed by atoms with Crippen molar-refractivity contribution in [1.82, 2.24) is 0 Å². The minimum Gasteiger partial charge on any atom is -0.449 e. The quantitative estimate of drug-likeness (QED) is 0.435. The summed E-state index contributed by atoms with van der Waals surface area (Å²) in [5, 5.41) is 0. The van der Waals surface area contributed by atoms with Gasteiger partial charge in [0.25, 0.3) is 0 Å². The van der Waals surface area contributed by atoms with E-state index >= 15 is 0 Å². The van der Waals surface area contributed by atoms with E-state index in [0.29, 0.717) is 0 Å². The van der Waals surface area contributed by atoms with E-state index < -0.39 is 25.9 Å². The summed E-state index contributed by atoms with van der Waals surface area (Å²) in [6.07, 6.45) is -8.20. The Morgan fingerprint density at radius 1 is 1.00 bits per heavy atom. The molecule has 0 nitrogen and oxygen atoms in total. The molecule has 0 spiro atoms. The fourth-order valence-electron chi connectivity index (χ4n) is 0.327. The van der Waals surface area contributed by atoms with Gasteiger partial charge in [0.1, 0.15) is 0 Å². The second kappa shape index (κ2) is 2.71. The monoisotopic (exact) mass is 165 g/mol. The average molecular weight is 165 g/mol. The van der Waals surface area contributed by atoms with Crippen LogP contribution >= 0.6 is 0 Å². The number of halogens is 6. The molecule has 0 aromatic rings. The van der Waals surface area contributed by atoms with Crippen LogP contribution in [0.4, 0.5) is 26.1 Å². The van der Waals surface area contributed by atoms with Crippen LogP contribution in [0.15, 0.2) is 0 Å². The van der Waals surface area contributed by atoms with Gasteiger partial charge in [-0.3, -0.25) is 0 Å². The van der Waals surface area contributed by atoms with Crippen LogP contribution in [0.2, 0.25) is 6.32 Å². The molecule has 0 radical (unpaired) electrons. The number of hydrogen-bond donors (Lipinski definition) is 0. The first-order chi connectivity index (χ1) is 4.21. The molecule has 0 bridgehead atoms. The molecule has 0 aromatic heterocycles. The molecular formula is C3H4BF6-. The Labute approximate surface area is 53.3 Å². The normalized spacial score (nSPS) is 13.8. The van der Waals surface area contributed by atoms with Crippen LogP contribution in [-0.2, 0) is 0 Å². The van der Waals surface area contributed by atoms with Crippen molar-refractivity contribution in [2.75, 3.05) is 0 Å². The Balaban J connectivity index is 3.56. The first kappa shape index (κ1) is 9.64. The van der Waals surface area contributed by atoms with Crippen molar-refractivity contribution in [3.05, 3.63) is 0 Å². The maximum absolute atomic E-state index is 11.1. The van der Waals surface area contributed by atoms with E-state index in [9.17, 15) is 26.1 Å². The molecule has 0 saturated heterocycles. The molecule has 0 rings (SSSR count). The maximum atomic E-state index is 11.1. The van der Waals surface area contributed by atoms with Crippen LogP contribution in [0.3, 0.4) is 0 Å². The Bertz CT molecular complexity index is 86.5. The van der Waals surface area contributed by atoms with Crippen LogP contribution < -0.4 is 0 Å². The summed E-state index contributed by atoms with van der Waals surface area (Å²) >= 11 is 0. The summed E-state index contributed by atoms with van der Waals surface area (Å²) in [6.45, 7) is -5.29. The number of hydrogen-bond acceptors (Lipinski definition) is 0. The number of rotatable bonds is 2. The molecule has 0 aliphatic carbocycles. The molecule has 62 valence electrons. The van der Waals surface area contributed by atoms with Gasteiger partial charge in [-0.15, -0.1) is 0 Å².